The van der Waals surface area contributed by atoms with Crippen molar-refractivity contribution in [2.24, 2.45) is 0 Å². The SMILES string of the molecule is O=C1c2ccccc2NC(c2ccc(Cl)c(Cl)c2)N1c1ccc(Cl)cc1. The lowest BCUT2D eigenvalue weighted by Crippen LogP contribution is -2.43. The van der Waals surface area contributed by atoms with Gasteiger partial charge in [-0.2, -0.15) is 0 Å². The molecule has 0 bridgehead atoms. The summed E-state index contributed by atoms with van der Waals surface area (Å²) in [5.41, 5.74) is 2.95. The maximum Gasteiger partial charge on any atom is 0.262 e. The van der Waals surface area contributed by atoms with Gasteiger partial charge in [0.15, 0.2) is 0 Å². The van der Waals surface area contributed by atoms with Crippen molar-refractivity contribution >= 4 is 52.1 Å². The van der Waals surface area contributed by atoms with E-state index in [-0.39, 0.29) is 5.91 Å². The van der Waals surface area contributed by atoms with Gasteiger partial charge in [0.1, 0.15) is 6.17 Å². The molecule has 1 heterocycles. The molecule has 1 N–H and O–H groups in total. The first-order valence-electron chi connectivity index (χ1n) is 7.94. The topological polar surface area (TPSA) is 32.3 Å². The van der Waals surface area contributed by atoms with Gasteiger partial charge in [-0.15, -0.1) is 0 Å². The van der Waals surface area contributed by atoms with Gasteiger partial charge >= 0.3 is 0 Å². The predicted octanol–water partition coefficient (Wildman–Crippen LogP) is 6.42. The summed E-state index contributed by atoms with van der Waals surface area (Å²) in [4.78, 5) is 14.9. The Hall–Kier alpha value is -2.20. The van der Waals surface area contributed by atoms with Crippen molar-refractivity contribution in [3.63, 3.8) is 0 Å². The van der Waals surface area contributed by atoms with Crippen LogP contribution in [0, 0.1) is 0 Å². The average Bonchev–Trinajstić information content (AvgIpc) is 2.65. The van der Waals surface area contributed by atoms with E-state index in [1.54, 1.807) is 35.2 Å². The highest BCUT2D eigenvalue weighted by molar-refractivity contribution is 6.42. The lowest BCUT2D eigenvalue weighted by atomic mass is 10.0. The Morgan fingerprint density at radius 1 is 0.846 bits per heavy atom. The summed E-state index contributed by atoms with van der Waals surface area (Å²) in [5.74, 6) is -0.0993. The molecular formula is C20H13Cl3N2O. The van der Waals surface area contributed by atoms with Crippen molar-refractivity contribution in [1.82, 2.24) is 0 Å². The number of amides is 1. The van der Waals surface area contributed by atoms with Gasteiger partial charge in [0.25, 0.3) is 5.91 Å². The second-order valence-electron chi connectivity index (χ2n) is 5.92. The minimum absolute atomic E-state index is 0.0993. The molecule has 6 heteroatoms. The summed E-state index contributed by atoms with van der Waals surface area (Å²) in [7, 11) is 0. The van der Waals surface area contributed by atoms with E-state index in [1.165, 1.54) is 0 Å². The fraction of sp³-hybridized carbons (Fsp3) is 0.0500. The molecule has 1 aliphatic rings. The highest BCUT2D eigenvalue weighted by Crippen LogP contribution is 2.38. The maximum absolute atomic E-state index is 13.2. The van der Waals surface area contributed by atoms with Crippen LogP contribution in [0.3, 0.4) is 0 Å². The standard InChI is InChI=1S/C20H13Cl3N2O/c21-13-6-8-14(9-7-13)25-19(12-5-10-16(22)17(23)11-12)24-18-4-2-1-3-15(18)20(25)26/h1-11,19,24H. The third kappa shape index (κ3) is 3.03. The Morgan fingerprint density at radius 2 is 1.58 bits per heavy atom. The Labute approximate surface area is 166 Å². The zero-order chi connectivity index (χ0) is 18.3. The highest BCUT2D eigenvalue weighted by atomic mass is 35.5. The number of rotatable bonds is 2. The molecule has 0 saturated heterocycles. The molecule has 130 valence electrons. The minimum atomic E-state index is -0.423. The summed E-state index contributed by atoms with van der Waals surface area (Å²) < 4.78 is 0. The van der Waals surface area contributed by atoms with Gasteiger partial charge in [0.2, 0.25) is 0 Å². The number of nitrogens with one attached hydrogen (secondary N) is 1. The zero-order valence-electron chi connectivity index (χ0n) is 13.4. The van der Waals surface area contributed by atoms with Gasteiger partial charge in [-0.3, -0.25) is 9.69 Å². The molecule has 3 nitrogen and oxygen atoms in total. The van der Waals surface area contributed by atoms with Crippen molar-refractivity contribution in [2.45, 2.75) is 6.17 Å². The summed E-state index contributed by atoms with van der Waals surface area (Å²) in [6.07, 6.45) is -0.423. The molecule has 26 heavy (non-hydrogen) atoms. The number of para-hydroxylation sites is 1. The van der Waals surface area contributed by atoms with Gasteiger partial charge in [-0.25, -0.2) is 0 Å². The number of hydrogen-bond acceptors (Lipinski definition) is 2. The zero-order valence-corrected chi connectivity index (χ0v) is 15.7. The predicted molar refractivity (Wildman–Crippen MR) is 108 cm³/mol. The van der Waals surface area contributed by atoms with E-state index >= 15 is 0 Å². The first-order chi connectivity index (χ1) is 12.5. The average molecular weight is 404 g/mol. The van der Waals surface area contributed by atoms with Crippen molar-refractivity contribution in [3.05, 3.63) is 92.9 Å². The molecule has 1 unspecified atom stereocenters. The van der Waals surface area contributed by atoms with E-state index in [0.29, 0.717) is 20.6 Å². The summed E-state index contributed by atoms with van der Waals surface area (Å²) >= 11 is 18.3. The molecule has 4 rings (SSSR count). The number of carbonyl (C=O) groups is 1. The fourth-order valence-electron chi connectivity index (χ4n) is 3.04. The first kappa shape index (κ1) is 17.2. The third-order valence-electron chi connectivity index (χ3n) is 4.29. The Balaban J connectivity index is 1.86. The molecule has 3 aromatic carbocycles. The molecule has 0 saturated carbocycles. The van der Waals surface area contributed by atoms with Gasteiger partial charge in [0, 0.05) is 16.4 Å². The number of benzene rings is 3. The molecule has 1 amide bonds. The number of carbonyl (C=O) groups excluding carboxylic acids is 1. The monoisotopic (exact) mass is 402 g/mol. The number of halogens is 3. The summed E-state index contributed by atoms with van der Waals surface area (Å²) in [5, 5.41) is 4.94. The van der Waals surface area contributed by atoms with Crippen LogP contribution in [-0.2, 0) is 0 Å². The highest BCUT2D eigenvalue weighted by Gasteiger charge is 2.34. The number of nitrogens with zero attached hydrogens (tertiary/aromatic N) is 1. The molecular weight excluding hydrogens is 391 g/mol. The van der Waals surface area contributed by atoms with E-state index in [2.05, 4.69) is 5.32 Å². The lowest BCUT2D eigenvalue weighted by Gasteiger charge is -2.38. The third-order valence-corrected chi connectivity index (χ3v) is 5.28. The molecule has 0 fully saturated rings. The molecule has 0 spiro atoms. The molecule has 0 aliphatic carbocycles. The van der Waals surface area contributed by atoms with Gasteiger partial charge in [-0.1, -0.05) is 53.0 Å². The van der Waals surface area contributed by atoms with Gasteiger partial charge < -0.3 is 5.32 Å². The summed E-state index contributed by atoms with van der Waals surface area (Å²) in [6, 6.07) is 19.9. The number of anilines is 2. The van der Waals surface area contributed by atoms with Crippen molar-refractivity contribution in [1.29, 1.82) is 0 Å². The van der Waals surface area contributed by atoms with Crippen molar-refractivity contribution in [3.8, 4) is 0 Å². The van der Waals surface area contributed by atoms with Gasteiger partial charge in [0.05, 0.1) is 15.6 Å². The van der Waals surface area contributed by atoms with E-state index in [9.17, 15) is 4.79 Å². The molecule has 1 aliphatic heterocycles. The van der Waals surface area contributed by atoms with Crippen LogP contribution < -0.4 is 10.2 Å². The normalized spacial score (nSPS) is 16.2. The largest absolute Gasteiger partial charge is 0.360 e. The molecule has 0 aromatic heterocycles. The van der Waals surface area contributed by atoms with Crippen LogP contribution in [0.4, 0.5) is 11.4 Å². The van der Waals surface area contributed by atoms with E-state index in [1.807, 2.05) is 36.4 Å². The van der Waals surface area contributed by atoms with Crippen LogP contribution in [-0.4, -0.2) is 5.91 Å². The quantitative estimate of drug-likeness (QED) is 0.535. The second-order valence-corrected chi connectivity index (χ2v) is 7.17. The lowest BCUT2D eigenvalue weighted by molar-refractivity contribution is 0.0975. The van der Waals surface area contributed by atoms with Gasteiger partial charge in [-0.05, 0) is 54.1 Å². The molecule has 0 radical (unpaired) electrons. The minimum Gasteiger partial charge on any atom is -0.360 e. The van der Waals surface area contributed by atoms with E-state index < -0.39 is 6.17 Å². The number of hydrogen-bond donors (Lipinski definition) is 1. The van der Waals surface area contributed by atoms with Crippen LogP contribution in [0.1, 0.15) is 22.1 Å². The fourth-order valence-corrected chi connectivity index (χ4v) is 3.47. The van der Waals surface area contributed by atoms with Crippen LogP contribution >= 0.6 is 34.8 Å². The van der Waals surface area contributed by atoms with E-state index in [0.717, 1.165) is 16.9 Å². The Bertz CT molecular complexity index is 989. The smallest absolute Gasteiger partial charge is 0.262 e. The van der Waals surface area contributed by atoms with Crippen molar-refractivity contribution < 1.29 is 4.79 Å². The van der Waals surface area contributed by atoms with Crippen molar-refractivity contribution in [2.75, 3.05) is 10.2 Å². The second kappa shape index (κ2) is 6.84. The van der Waals surface area contributed by atoms with Crippen LogP contribution in [0.2, 0.25) is 15.1 Å². The first-order valence-corrected chi connectivity index (χ1v) is 9.07. The van der Waals surface area contributed by atoms with Crippen LogP contribution in [0.5, 0.6) is 0 Å². The van der Waals surface area contributed by atoms with Crippen LogP contribution in [0.15, 0.2) is 66.7 Å². The maximum atomic E-state index is 13.2. The number of fused-ring (bicyclic) bond motifs is 1. The summed E-state index contributed by atoms with van der Waals surface area (Å²) in [6.45, 7) is 0. The van der Waals surface area contributed by atoms with E-state index in [4.69, 9.17) is 34.8 Å². The molecule has 1 atom stereocenters. The van der Waals surface area contributed by atoms with Crippen LogP contribution in [0.25, 0.3) is 0 Å². The molecule has 3 aromatic rings. The Kier molecular flexibility index (Phi) is 4.53. The Morgan fingerprint density at radius 3 is 2.31 bits per heavy atom.